The highest BCUT2D eigenvalue weighted by atomic mass is 79.9. The van der Waals surface area contributed by atoms with Gasteiger partial charge in [0.25, 0.3) is 5.91 Å². The van der Waals surface area contributed by atoms with Crippen molar-refractivity contribution >= 4 is 21.8 Å². The minimum Gasteiger partial charge on any atom is -0.452 e. The number of ether oxygens (including phenoxy) is 1. The molecule has 2 rings (SSSR count). The van der Waals surface area contributed by atoms with E-state index in [1.165, 1.54) is 0 Å². The summed E-state index contributed by atoms with van der Waals surface area (Å²) in [7, 11) is 1.75. The van der Waals surface area contributed by atoms with Crippen LogP contribution in [0.4, 0.5) is 0 Å². The lowest BCUT2D eigenvalue weighted by molar-refractivity contribution is -0.144. The Morgan fingerprint density at radius 3 is 3.06 bits per heavy atom. The van der Waals surface area contributed by atoms with Crippen LogP contribution in [0.5, 0.6) is 0 Å². The van der Waals surface area contributed by atoms with Crippen molar-refractivity contribution in [3.8, 4) is 0 Å². The van der Waals surface area contributed by atoms with E-state index >= 15 is 0 Å². The molecule has 1 N–H and O–H groups in total. The van der Waals surface area contributed by atoms with Gasteiger partial charge >= 0.3 is 0 Å². The number of halogens is 1. The van der Waals surface area contributed by atoms with Crippen molar-refractivity contribution in [3.63, 3.8) is 0 Å². The van der Waals surface area contributed by atoms with Crippen LogP contribution >= 0.6 is 15.9 Å². The Hall–Kier alpha value is -0.850. The summed E-state index contributed by atoms with van der Waals surface area (Å²) in [5.41, 5.74) is 0. The van der Waals surface area contributed by atoms with Gasteiger partial charge in [0.2, 0.25) is 0 Å². The first-order valence-corrected chi connectivity index (χ1v) is 6.27. The van der Waals surface area contributed by atoms with Crippen molar-refractivity contribution in [1.29, 1.82) is 0 Å². The maximum absolute atomic E-state index is 12.0. The number of rotatable bonds is 3. The second-order valence-electron chi connectivity index (χ2n) is 3.96. The third kappa shape index (κ3) is 3.31. The van der Waals surface area contributed by atoms with Crippen LogP contribution in [0.3, 0.4) is 0 Å². The first-order chi connectivity index (χ1) is 8.16. The number of likely N-dealkylation sites (N-methyl/N-ethyl adjacent to an activating group) is 1. The van der Waals surface area contributed by atoms with Gasteiger partial charge in [0, 0.05) is 20.1 Å². The van der Waals surface area contributed by atoms with Crippen molar-refractivity contribution in [2.75, 3.05) is 26.7 Å². The standard InChI is InChI=1S/C11H15BrN2O3/c1-14(7-8-2-3-10(12)17-8)11(15)9-6-13-4-5-16-9/h2-3,9,13H,4-7H2,1H3. The number of nitrogens with one attached hydrogen (secondary N) is 1. The highest BCUT2D eigenvalue weighted by molar-refractivity contribution is 9.10. The molecule has 1 aliphatic heterocycles. The summed E-state index contributed by atoms with van der Waals surface area (Å²) in [5, 5.41) is 3.14. The van der Waals surface area contributed by atoms with Gasteiger partial charge in [0.15, 0.2) is 4.67 Å². The third-order valence-corrected chi connectivity index (χ3v) is 3.03. The molecular formula is C11H15BrN2O3. The minimum atomic E-state index is -0.382. The van der Waals surface area contributed by atoms with Crippen LogP contribution in [0.2, 0.25) is 0 Å². The predicted octanol–water partition coefficient (Wildman–Crippen LogP) is 0.989. The molecule has 0 aliphatic carbocycles. The zero-order valence-corrected chi connectivity index (χ0v) is 11.2. The number of hydrogen-bond donors (Lipinski definition) is 1. The van der Waals surface area contributed by atoms with Crippen LogP contribution in [0.25, 0.3) is 0 Å². The number of amides is 1. The topological polar surface area (TPSA) is 54.7 Å². The van der Waals surface area contributed by atoms with Gasteiger partial charge in [-0.3, -0.25) is 4.79 Å². The van der Waals surface area contributed by atoms with Crippen LogP contribution in [-0.2, 0) is 16.1 Å². The first-order valence-electron chi connectivity index (χ1n) is 5.48. The monoisotopic (exact) mass is 302 g/mol. The summed E-state index contributed by atoms with van der Waals surface area (Å²) in [6, 6.07) is 3.65. The summed E-state index contributed by atoms with van der Waals surface area (Å²) >= 11 is 3.23. The van der Waals surface area contributed by atoms with Crippen LogP contribution in [0, 0.1) is 0 Å². The molecule has 1 saturated heterocycles. The average molecular weight is 303 g/mol. The molecule has 6 heteroatoms. The zero-order chi connectivity index (χ0) is 12.3. The summed E-state index contributed by atoms with van der Waals surface area (Å²) in [6.45, 7) is 2.41. The summed E-state index contributed by atoms with van der Waals surface area (Å²) in [5.74, 6) is 0.723. The Kier molecular flexibility index (Phi) is 4.20. The smallest absolute Gasteiger partial charge is 0.253 e. The fourth-order valence-corrected chi connectivity index (χ4v) is 2.06. The molecule has 94 valence electrons. The lowest BCUT2D eigenvalue weighted by atomic mass is 10.2. The van der Waals surface area contributed by atoms with E-state index in [4.69, 9.17) is 9.15 Å². The Morgan fingerprint density at radius 2 is 2.47 bits per heavy atom. The molecule has 0 spiro atoms. The predicted molar refractivity (Wildman–Crippen MR) is 65.5 cm³/mol. The lowest BCUT2D eigenvalue weighted by Crippen LogP contribution is -2.48. The summed E-state index contributed by atoms with van der Waals surface area (Å²) in [4.78, 5) is 13.6. The van der Waals surface area contributed by atoms with E-state index in [1.54, 1.807) is 11.9 Å². The van der Waals surface area contributed by atoms with E-state index in [-0.39, 0.29) is 12.0 Å². The quantitative estimate of drug-likeness (QED) is 0.905. The maximum atomic E-state index is 12.0. The van der Waals surface area contributed by atoms with E-state index in [1.807, 2.05) is 12.1 Å². The number of hydrogen-bond acceptors (Lipinski definition) is 4. The molecule has 1 amide bonds. The normalized spacial score (nSPS) is 20.2. The lowest BCUT2D eigenvalue weighted by Gasteiger charge is -2.26. The Morgan fingerprint density at radius 1 is 1.65 bits per heavy atom. The van der Waals surface area contributed by atoms with Crippen LogP contribution in [0.15, 0.2) is 21.2 Å². The van der Waals surface area contributed by atoms with Gasteiger partial charge in [-0.1, -0.05) is 0 Å². The average Bonchev–Trinajstić information content (AvgIpc) is 2.75. The van der Waals surface area contributed by atoms with Crippen LogP contribution < -0.4 is 5.32 Å². The fraction of sp³-hybridized carbons (Fsp3) is 0.545. The van der Waals surface area contributed by atoms with Crippen molar-refractivity contribution in [3.05, 3.63) is 22.6 Å². The van der Waals surface area contributed by atoms with Gasteiger partial charge < -0.3 is 19.4 Å². The number of furan rings is 1. The number of carbonyl (C=O) groups is 1. The van der Waals surface area contributed by atoms with Crippen molar-refractivity contribution < 1.29 is 13.9 Å². The second kappa shape index (κ2) is 5.66. The molecule has 2 heterocycles. The summed E-state index contributed by atoms with van der Waals surface area (Å²) in [6.07, 6.45) is -0.382. The number of carbonyl (C=O) groups excluding carboxylic acids is 1. The van der Waals surface area contributed by atoms with Gasteiger partial charge in [-0.05, 0) is 28.1 Å². The summed E-state index contributed by atoms with van der Waals surface area (Å²) < 4.78 is 11.4. The molecule has 1 atom stereocenters. The Bertz CT molecular complexity index is 388. The molecule has 1 aromatic heterocycles. The van der Waals surface area contributed by atoms with Gasteiger partial charge in [0.05, 0.1) is 13.2 Å². The van der Waals surface area contributed by atoms with Crippen LogP contribution in [0.1, 0.15) is 5.76 Å². The minimum absolute atomic E-state index is 0.0234. The highest BCUT2D eigenvalue weighted by Crippen LogP contribution is 2.15. The Balaban J connectivity index is 1.90. The molecule has 5 nitrogen and oxygen atoms in total. The first kappa shape index (κ1) is 12.6. The maximum Gasteiger partial charge on any atom is 0.253 e. The van der Waals surface area contributed by atoms with Crippen LogP contribution in [-0.4, -0.2) is 43.7 Å². The zero-order valence-electron chi connectivity index (χ0n) is 9.61. The van der Waals surface area contributed by atoms with Gasteiger partial charge in [0.1, 0.15) is 11.9 Å². The van der Waals surface area contributed by atoms with Crippen molar-refractivity contribution in [1.82, 2.24) is 10.2 Å². The molecule has 0 radical (unpaired) electrons. The largest absolute Gasteiger partial charge is 0.452 e. The molecule has 1 unspecified atom stereocenters. The molecule has 17 heavy (non-hydrogen) atoms. The van der Waals surface area contributed by atoms with Crippen molar-refractivity contribution in [2.24, 2.45) is 0 Å². The van der Waals surface area contributed by atoms with Gasteiger partial charge in [-0.15, -0.1) is 0 Å². The SMILES string of the molecule is CN(Cc1ccc(Br)o1)C(=O)C1CNCCO1. The second-order valence-corrected chi connectivity index (χ2v) is 4.75. The van der Waals surface area contributed by atoms with E-state index < -0.39 is 0 Å². The van der Waals surface area contributed by atoms with E-state index in [2.05, 4.69) is 21.2 Å². The van der Waals surface area contributed by atoms with E-state index in [0.717, 1.165) is 12.3 Å². The molecule has 1 fully saturated rings. The van der Waals surface area contributed by atoms with E-state index in [9.17, 15) is 4.79 Å². The van der Waals surface area contributed by atoms with Gasteiger partial charge in [-0.25, -0.2) is 0 Å². The molecule has 1 aromatic rings. The fourth-order valence-electron chi connectivity index (χ4n) is 1.72. The number of nitrogens with zero attached hydrogens (tertiary/aromatic N) is 1. The van der Waals surface area contributed by atoms with Gasteiger partial charge in [-0.2, -0.15) is 0 Å². The van der Waals surface area contributed by atoms with Crippen molar-refractivity contribution in [2.45, 2.75) is 12.6 Å². The molecular weight excluding hydrogens is 288 g/mol. The molecule has 0 bridgehead atoms. The molecule has 0 saturated carbocycles. The number of morpholine rings is 1. The molecule has 0 aromatic carbocycles. The molecule has 1 aliphatic rings. The Labute approximate surface area is 108 Å². The highest BCUT2D eigenvalue weighted by Gasteiger charge is 2.25. The third-order valence-electron chi connectivity index (χ3n) is 2.60. The van der Waals surface area contributed by atoms with E-state index in [0.29, 0.717) is 24.4 Å².